The van der Waals surface area contributed by atoms with E-state index < -0.39 is 0 Å². The molecule has 6 nitrogen and oxygen atoms in total. The lowest BCUT2D eigenvalue weighted by Crippen LogP contribution is -2.39. The van der Waals surface area contributed by atoms with Crippen LogP contribution in [0.1, 0.15) is 12.8 Å². The van der Waals surface area contributed by atoms with Gasteiger partial charge in [0.25, 0.3) is 0 Å². The fourth-order valence-electron chi connectivity index (χ4n) is 3.29. The van der Waals surface area contributed by atoms with Gasteiger partial charge in [0.05, 0.1) is 30.0 Å². The second kappa shape index (κ2) is 9.39. The summed E-state index contributed by atoms with van der Waals surface area (Å²) in [6, 6.07) is 18.3. The fourth-order valence-corrected chi connectivity index (χ4v) is 4.15. The highest BCUT2D eigenvalue weighted by atomic mass is 32.2. The molecule has 0 spiro atoms. The number of thioether (sulfide) groups is 1. The number of aromatic nitrogens is 1. The molecule has 7 heteroatoms. The lowest BCUT2D eigenvalue weighted by molar-refractivity contribution is -0.132. The van der Waals surface area contributed by atoms with Gasteiger partial charge >= 0.3 is 0 Å². The number of nitrogens with zero attached hydrogens (tertiary/aromatic N) is 2. The van der Waals surface area contributed by atoms with Crippen LogP contribution in [0.15, 0.2) is 59.6 Å². The van der Waals surface area contributed by atoms with E-state index in [4.69, 9.17) is 9.72 Å². The smallest absolute Gasteiger partial charge is 0.239 e. The van der Waals surface area contributed by atoms with Crippen molar-refractivity contribution in [3.8, 4) is 16.9 Å². The lowest BCUT2D eigenvalue weighted by Gasteiger charge is -2.17. The number of carbonyl (C=O) groups excluding carboxylic acids is 2. The van der Waals surface area contributed by atoms with E-state index in [-0.39, 0.29) is 24.1 Å². The van der Waals surface area contributed by atoms with Gasteiger partial charge in [0, 0.05) is 24.5 Å². The molecule has 3 aromatic rings. The molecule has 1 fully saturated rings. The molecule has 1 heterocycles. The molecular weight excluding hydrogens is 410 g/mol. The molecule has 160 valence electrons. The fraction of sp³-hybridized carbons (Fsp3) is 0.292. The predicted molar refractivity (Wildman–Crippen MR) is 123 cm³/mol. The number of fused-ring (bicyclic) bond motifs is 1. The Kier molecular flexibility index (Phi) is 6.42. The molecule has 0 radical (unpaired) electrons. The number of nitrogens with one attached hydrogen (secondary N) is 1. The van der Waals surface area contributed by atoms with Crippen LogP contribution in [0.25, 0.3) is 22.0 Å². The second-order valence-corrected chi connectivity index (χ2v) is 8.63. The molecule has 2 aromatic carbocycles. The number of rotatable bonds is 8. The van der Waals surface area contributed by atoms with E-state index in [0.29, 0.717) is 6.04 Å². The third-order valence-corrected chi connectivity index (χ3v) is 6.07. The Labute approximate surface area is 186 Å². The van der Waals surface area contributed by atoms with Crippen LogP contribution in [0.4, 0.5) is 0 Å². The van der Waals surface area contributed by atoms with Gasteiger partial charge in [0.1, 0.15) is 5.75 Å². The van der Waals surface area contributed by atoms with Crippen LogP contribution < -0.4 is 10.1 Å². The van der Waals surface area contributed by atoms with E-state index in [9.17, 15) is 9.59 Å². The van der Waals surface area contributed by atoms with Crippen LogP contribution in [0.2, 0.25) is 0 Å². The standard InChI is InChI=1S/C24H25N3O3S/c1-27(14-22(28)25-17-8-9-17)24(29)15-31-23-13-20(16-6-4-3-5-7-16)19-11-10-18(30-2)12-21(19)26-23/h3-7,10-13,17H,8-9,14-15H2,1-2H3,(H,25,28). The molecule has 0 atom stereocenters. The highest BCUT2D eigenvalue weighted by molar-refractivity contribution is 7.99. The highest BCUT2D eigenvalue weighted by Gasteiger charge is 2.24. The van der Waals surface area contributed by atoms with Crippen molar-refractivity contribution >= 4 is 34.5 Å². The van der Waals surface area contributed by atoms with Gasteiger partial charge in [0.2, 0.25) is 11.8 Å². The van der Waals surface area contributed by atoms with Gasteiger partial charge in [0.15, 0.2) is 0 Å². The van der Waals surface area contributed by atoms with Crippen molar-refractivity contribution in [1.82, 2.24) is 15.2 Å². The van der Waals surface area contributed by atoms with E-state index >= 15 is 0 Å². The second-order valence-electron chi connectivity index (χ2n) is 7.64. The SMILES string of the molecule is COc1ccc2c(-c3ccccc3)cc(SCC(=O)N(C)CC(=O)NC3CC3)nc2c1. The number of amides is 2. The first-order valence-electron chi connectivity index (χ1n) is 10.2. The number of pyridine rings is 1. The van der Waals surface area contributed by atoms with Crippen LogP contribution in [0.5, 0.6) is 5.75 Å². The third kappa shape index (κ3) is 5.35. The summed E-state index contributed by atoms with van der Waals surface area (Å²) in [7, 11) is 3.29. The van der Waals surface area contributed by atoms with Crippen LogP contribution >= 0.6 is 11.8 Å². The molecule has 0 saturated heterocycles. The lowest BCUT2D eigenvalue weighted by atomic mass is 10.0. The van der Waals surface area contributed by atoms with Gasteiger partial charge in [-0.15, -0.1) is 0 Å². The average Bonchev–Trinajstić information content (AvgIpc) is 3.60. The summed E-state index contributed by atoms with van der Waals surface area (Å²) in [6.45, 7) is 0.0769. The summed E-state index contributed by atoms with van der Waals surface area (Å²) in [6.07, 6.45) is 2.06. The number of hydrogen-bond donors (Lipinski definition) is 1. The summed E-state index contributed by atoms with van der Waals surface area (Å²) in [5, 5.41) is 4.68. The highest BCUT2D eigenvalue weighted by Crippen LogP contribution is 2.33. The average molecular weight is 436 g/mol. The summed E-state index contributed by atoms with van der Waals surface area (Å²) < 4.78 is 5.36. The molecule has 1 N–H and O–H groups in total. The minimum absolute atomic E-state index is 0.0769. The number of methoxy groups -OCH3 is 1. The molecule has 1 aromatic heterocycles. The minimum atomic E-state index is -0.107. The molecule has 4 rings (SSSR count). The zero-order chi connectivity index (χ0) is 21.8. The maximum Gasteiger partial charge on any atom is 0.239 e. The Hall–Kier alpha value is -3.06. The number of ether oxygens (including phenoxy) is 1. The Morgan fingerprint density at radius 2 is 1.94 bits per heavy atom. The normalized spacial score (nSPS) is 13.1. The van der Waals surface area contributed by atoms with E-state index in [1.165, 1.54) is 16.7 Å². The number of hydrogen-bond acceptors (Lipinski definition) is 5. The summed E-state index contributed by atoms with van der Waals surface area (Å²) >= 11 is 1.37. The van der Waals surface area contributed by atoms with Gasteiger partial charge in [-0.25, -0.2) is 4.98 Å². The molecule has 0 bridgehead atoms. The van der Waals surface area contributed by atoms with Crippen LogP contribution in [0, 0.1) is 0 Å². The van der Waals surface area contributed by atoms with Gasteiger partial charge in [-0.1, -0.05) is 42.1 Å². The van der Waals surface area contributed by atoms with Crippen molar-refractivity contribution in [2.24, 2.45) is 0 Å². The maximum atomic E-state index is 12.5. The van der Waals surface area contributed by atoms with Crippen LogP contribution in [-0.2, 0) is 9.59 Å². The molecule has 1 aliphatic carbocycles. The van der Waals surface area contributed by atoms with Crippen molar-refractivity contribution in [3.63, 3.8) is 0 Å². The largest absolute Gasteiger partial charge is 0.497 e. The Morgan fingerprint density at radius 3 is 2.65 bits per heavy atom. The van der Waals surface area contributed by atoms with E-state index in [1.54, 1.807) is 14.2 Å². The summed E-state index contributed by atoms with van der Waals surface area (Å²) in [4.78, 5) is 30.7. The molecule has 2 amide bonds. The van der Waals surface area contributed by atoms with Gasteiger partial charge in [-0.05, 0) is 42.2 Å². The zero-order valence-electron chi connectivity index (χ0n) is 17.6. The van der Waals surface area contributed by atoms with Crippen molar-refractivity contribution in [2.45, 2.75) is 23.9 Å². The maximum absolute atomic E-state index is 12.5. The topological polar surface area (TPSA) is 71.5 Å². The zero-order valence-corrected chi connectivity index (χ0v) is 18.4. The van der Waals surface area contributed by atoms with Gasteiger partial charge < -0.3 is 15.0 Å². The first kappa shape index (κ1) is 21.2. The van der Waals surface area contributed by atoms with Crippen molar-refractivity contribution in [3.05, 3.63) is 54.6 Å². The predicted octanol–water partition coefficient (Wildman–Crippen LogP) is 3.74. The number of carbonyl (C=O) groups is 2. The number of likely N-dealkylation sites (N-methyl/N-ethyl adjacent to an activating group) is 1. The van der Waals surface area contributed by atoms with Crippen molar-refractivity contribution in [1.29, 1.82) is 0 Å². The van der Waals surface area contributed by atoms with Gasteiger partial charge in [-0.3, -0.25) is 9.59 Å². The van der Waals surface area contributed by atoms with E-state index in [0.717, 1.165) is 45.6 Å². The summed E-state index contributed by atoms with van der Waals surface area (Å²) in [5.41, 5.74) is 2.95. The van der Waals surface area contributed by atoms with E-state index in [2.05, 4.69) is 17.4 Å². The van der Waals surface area contributed by atoms with Gasteiger partial charge in [-0.2, -0.15) is 0 Å². The first-order chi connectivity index (χ1) is 15.0. The third-order valence-electron chi connectivity index (χ3n) is 5.17. The van der Waals surface area contributed by atoms with Crippen molar-refractivity contribution in [2.75, 3.05) is 26.5 Å². The van der Waals surface area contributed by atoms with E-state index in [1.807, 2.05) is 42.5 Å². The van der Waals surface area contributed by atoms with Crippen LogP contribution in [0.3, 0.4) is 0 Å². The number of benzene rings is 2. The summed E-state index contributed by atoms with van der Waals surface area (Å²) in [5.74, 6) is 0.734. The monoisotopic (exact) mass is 435 g/mol. The van der Waals surface area contributed by atoms with Crippen molar-refractivity contribution < 1.29 is 14.3 Å². The molecule has 31 heavy (non-hydrogen) atoms. The molecule has 1 aliphatic rings. The quantitative estimate of drug-likeness (QED) is 0.546. The molecule has 1 saturated carbocycles. The molecular formula is C24H25N3O3S. The van der Waals surface area contributed by atoms with Crippen LogP contribution in [-0.4, -0.2) is 54.2 Å². The Morgan fingerprint density at radius 1 is 1.16 bits per heavy atom. The Balaban J connectivity index is 1.52. The minimum Gasteiger partial charge on any atom is -0.497 e. The first-order valence-corrected chi connectivity index (χ1v) is 11.2. The Bertz CT molecular complexity index is 1100. The molecule has 0 aliphatic heterocycles. The molecule has 0 unspecified atom stereocenters.